The summed E-state index contributed by atoms with van der Waals surface area (Å²) >= 11 is 1.41. The van der Waals surface area contributed by atoms with E-state index in [9.17, 15) is 9.59 Å². The second kappa shape index (κ2) is 9.28. The molecule has 21 heavy (non-hydrogen) atoms. The fraction of sp³-hybridized carbons (Fsp3) is 0.467. The predicted octanol–water partition coefficient (Wildman–Crippen LogP) is 2.55. The number of hydrogen-bond donors (Lipinski definition) is 2. The second-order valence-electron chi connectivity index (χ2n) is 4.62. The Labute approximate surface area is 129 Å². The number of benzene rings is 1. The predicted molar refractivity (Wildman–Crippen MR) is 82.8 cm³/mol. The largest absolute Gasteiger partial charge is 0.497 e. The van der Waals surface area contributed by atoms with Crippen LogP contribution < -0.4 is 10.1 Å². The number of rotatable bonds is 9. The molecule has 0 spiro atoms. The van der Waals surface area contributed by atoms with E-state index in [1.807, 2.05) is 31.2 Å². The molecule has 0 saturated carbocycles. The normalized spacial score (nSPS) is 11.7. The summed E-state index contributed by atoms with van der Waals surface area (Å²) in [6.07, 6.45) is 1.47. The molecule has 2 N–H and O–H groups in total. The highest BCUT2D eigenvalue weighted by Crippen LogP contribution is 2.21. The van der Waals surface area contributed by atoms with Gasteiger partial charge < -0.3 is 15.2 Å². The highest BCUT2D eigenvalue weighted by atomic mass is 32.2. The maximum Gasteiger partial charge on any atom is 0.305 e. The monoisotopic (exact) mass is 311 g/mol. The van der Waals surface area contributed by atoms with Crippen molar-refractivity contribution in [3.8, 4) is 5.75 Å². The van der Waals surface area contributed by atoms with Crippen LogP contribution in [0.5, 0.6) is 5.75 Å². The van der Waals surface area contributed by atoms with Gasteiger partial charge in [-0.2, -0.15) is 0 Å². The van der Waals surface area contributed by atoms with E-state index in [1.54, 1.807) is 7.11 Å². The van der Waals surface area contributed by atoms with Crippen LogP contribution in [0.1, 0.15) is 26.2 Å². The number of amides is 1. The fourth-order valence-corrected chi connectivity index (χ4v) is 2.58. The molecule has 1 aromatic carbocycles. The molecule has 1 amide bonds. The van der Waals surface area contributed by atoms with Crippen molar-refractivity contribution in [2.24, 2.45) is 0 Å². The van der Waals surface area contributed by atoms with Gasteiger partial charge in [0.1, 0.15) is 5.75 Å². The maximum absolute atomic E-state index is 11.9. The first kappa shape index (κ1) is 17.4. The molecule has 0 aromatic heterocycles. The van der Waals surface area contributed by atoms with Gasteiger partial charge in [-0.05, 0) is 30.7 Å². The van der Waals surface area contributed by atoms with E-state index in [2.05, 4.69) is 5.32 Å². The number of aliphatic carboxylic acids is 1. The van der Waals surface area contributed by atoms with Gasteiger partial charge in [0, 0.05) is 10.9 Å². The molecular formula is C15H21NO4S. The zero-order chi connectivity index (χ0) is 15.7. The summed E-state index contributed by atoms with van der Waals surface area (Å²) in [5, 5.41) is 11.6. The lowest BCUT2D eigenvalue weighted by Crippen LogP contribution is -2.37. The Kier molecular flexibility index (Phi) is 7.68. The lowest BCUT2D eigenvalue weighted by molar-refractivity contribution is -0.137. The molecule has 0 radical (unpaired) electrons. The van der Waals surface area contributed by atoms with Crippen molar-refractivity contribution < 1.29 is 19.4 Å². The van der Waals surface area contributed by atoms with Crippen LogP contribution in [-0.2, 0) is 9.59 Å². The van der Waals surface area contributed by atoms with Gasteiger partial charge in [-0.25, -0.2) is 0 Å². The number of ether oxygens (including phenoxy) is 1. The third-order valence-electron chi connectivity index (χ3n) is 2.85. The van der Waals surface area contributed by atoms with Crippen LogP contribution in [0, 0.1) is 0 Å². The standard InChI is InChI=1S/C15H21NO4S/c1-3-4-11(9-15(18)19)16-14(17)10-21-13-7-5-12(20-2)6-8-13/h5-8,11H,3-4,9-10H2,1-2H3,(H,16,17)(H,18,19). The number of carboxylic acid groups (broad SMARTS) is 1. The molecule has 0 aliphatic carbocycles. The van der Waals surface area contributed by atoms with Crippen LogP contribution in [0.4, 0.5) is 0 Å². The first-order chi connectivity index (χ1) is 10.0. The summed E-state index contributed by atoms with van der Waals surface area (Å²) in [6.45, 7) is 1.97. The molecule has 1 atom stereocenters. The lowest BCUT2D eigenvalue weighted by Gasteiger charge is -2.15. The Bertz CT molecular complexity index is 461. The van der Waals surface area contributed by atoms with Crippen molar-refractivity contribution in [3.05, 3.63) is 24.3 Å². The van der Waals surface area contributed by atoms with Gasteiger partial charge in [0.2, 0.25) is 5.91 Å². The third-order valence-corrected chi connectivity index (χ3v) is 3.86. The summed E-state index contributed by atoms with van der Waals surface area (Å²) in [5.41, 5.74) is 0. The van der Waals surface area contributed by atoms with Crippen LogP contribution in [0.2, 0.25) is 0 Å². The smallest absolute Gasteiger partial charge is 0.305 e. The topological polar surface area (TPSA) is 75.6 Å². The molecule has 0 saturated heterocycles. The lowest BCUT2D eigenvalue weighted by atomic mass is 10.1. The van der Waals surface area contributed by atoms with E-state index in [-0.39, 0.29) is 24.1 Å². The molecule has 1 aromatic rings. The molecule has 0 aliphatic heterocycles. The van der Waals surface area contributed by atoms with Gasteiger partial charge in [-0.3, -0.25) is 9.59 Å². The van der Waals surface area contributed by atoms with Crippen LogP contribution >= 0.6 is 11.8 Å². The number of methoxy groups -OCH3 is 1. The maximum atomic E-state index is 11.9. The second-order valence-corrected chi connectivity index (χ2v) is 5.66. The van der Waals surface area contributed by atoms with E-state index >= 15 is 0 Å². The average Bonchev–Trinajstić information content (AvgIpc) is 2.45. The SMILES string of the molecule is CCCC(CC(=O)O)NC(=O)CSc1ccc(OC)cc1. The van der Waals surface area contributed by atoms with Gasteiger partial charge in [0.15, 0.2) is 0 Å². The quantitative estimate of drug-likeness (QED) is 0.685. The first-order valence-corrected chi connectivity index (χ1v) is 7.81. The molecule has 0 heterocycles. The molecule has 5 nitrogen and oxygen atoms in total. The minimum absolute atomic E-state index is 0.0349. The average molecular weight is 311 g/mol. The van der Waals surface area contributed by atoms with Crippen LogP contribution in [0.15, 0.2) is 29.2 Å². The Morgan fingerprint density at radius 3 is 2.52 bits per heavy atom. The molecule has 0 fully saturated rings. The van der Waals surface area contributed by atoms with Crippen molar-refractivity contribution in [1.29, 1.82) is 0 Å². The molecule has 0 aliphatic rings. The fourth-order valence-electron chi connectivity index (χ4n) is 1.87. The Balaban J connectivity index is 2.42. The first-order valence-electron chi connectivity index (χ1n) is 6.83. The molecule has 1 rings (SSSR count). The zero-order valence-electron chi connectivity index (χ0n) is 12.3. The van der Waals surface area contributed by atoms with Crippen molar-refractivity contribution in [1.82, 2.24) is 5.32 Å². The number of carbonyl (C=O) groups is 2. The highest BCUT2D eigenvalue weighted by Gasteiger charge is 2.15. The van der Waals surface area contributed by atoms with Crippen LogP contribution in [0.3, 0.4) is 0 Å². The molecule has 1 unspecified atom stereocenters. The highest BCUT2D eigenvalue weighted by molar-refractivity contribution is 8.00. The Morgan fingerprint density at radius 2 is 2.00 bits per heavy atom. The number of hydrogen-bond acceptors (Lipinski definition) is 4. The van der Waals surface area contributed by atoms with Crippen molar-refractivity contribution in [3.63, 3.8) is 0 Å². The van der Waals surface area contributed by atoms with E-state index in [0.717, 1.165) is 17.1 Å². The summed E-state index contributed by atoms with van der Waals surface area (Å²) in [4.78, 5) is 23.6. The Hall–Kier alpha value is -1.69. The van der Waals surface area contributed by atoms with Gasteiger partial charge in [-0.15, -0.1) is 11.8 Å². The molecular weight excluding hydrogens is 290 g/mol. The molecule has 6 heteroatoms. The summed E-state index contributed by atoms with van der Waals surface area (Å²) in [6, 6.07) is 7.15. The number of carbonyl (C=O) groups excluding carboxylic acids is 1. The van der Waals surface area contributed by atoms with Gasteiger partial charge in [-0.1, -0.05) is 13.3 Å². The summed E-state index contributed by atoms with van der Waals surface area (Å²) in [5.74, 6) is 0.00643. The summed E-state index contributed by atoms with van der Waals surface area (Å²) < 4.78 is 5.07. The third kappa shape index (κ3) is 7.04. The number of thioether (sulfide) groups is 1. The van der Waals surface area contributed by atoms with Crippen molar-refractivity contribution >= 4 is 23.6 Å². The van der Waals surface area contributed by atoms with E-state index < -0.39 is 5.97 Å². The summed E-state index contributed by atoms with van der Waals surface area (Å²) in [7, 11) is 1.60. The van der Waals surface area contributed by atoms with Gasteiger partial charge in [0.25, 0.3) is 0 Å². The van der Waals surface area contributed by atoms with Crippen molar-refractivity contribution in [2.45, 2.75) is 37.1 Å². The van der Waals surface area contributed by atoms with Gasteiger partial charge >= 0.3 is 5.97 Å². The van der Waals surface area contributed by atoms with E-state index in [0.29, 0.717) is 6.42 Å². The Morgan fingerprint density at radius 1 is 1.33 bits per heavy atom. The minimum Gasteiger partial charge on any atom is -0.497 e. The van der Waals surface area contributed by atoms with Gasteiger partial charge in [0.05, 0.1) is 19.3 Å². The van der Waals surface area contributed by atoms with Crippen LogP contribution in [0.25, 0.3) is 0 Å². The van der Waals surface area contributed by atoms with Crippen molar-refractivity contribution in [2.75, 3.05) is 12.9 Å². The zero-order valence-corrected chi connectivity index (χ0v) is 13.1. The molecule has 116 valence electrons. The van der Waals surface area contributed by atoms with E-state index in [4.69, 9.17) is 9.84 Å². The molecule has 0 bridgehead atoms. The minimum atomic E-state index is -0.892. The number of nitrogens with one attached hydrogen (secondary N) is 1. The van der Waals surface area contributed by atoms with Crippen LogP contribution in [-0.4, -0.2) is 35.9 Å². The number of carboxylic acids is 1. The van der Waals surface area contributed by atoms with E-state index in [1.165, 1.54) is 11.8 Å².